The first-order valence-corrected chi connectivity index (χ1v) is 12.0. The number of benzene rings is 1. The molecule has 29 heavy (non-hydrogen) atoms. The van der Waals surface area contributed by atoms with E-state index in [1.54, 1.807) is 0 Å². The summed E-state index contributed by atoms with van der Waals surface area (Å²) in [5, 5.41) is 0. The molecule has 1 aliphatic carbocycles. The topological polar surface area (TPSA) is 70.2 Å². The Bertz CT molecular complexity index is 841. The third kappa shape index (κ3) is 4.21. The van der Waals surface area contributed by atoms with E-state index in [1.165, 1.54) is 14.2 Å². The van der Waals surface area contributed by atoms with Crippen molar-refractivity contribution in [2.75, 3.05) is 39.3 Å². The Kier molecular flexibility index (Phi) is 5.97. The van der Waals surface area contributed by atoms with Gasteiger partial charge in [0.2, 0.25) is 5.91 Å². The summed E-state index contributed by atoms with van der Waals surface area (Å²) >= 11 is 0. The fourth-order valence-corrected chi connectivity index (χ4v) is 6.60. The van der Waals surface area contributed by atoms with Gasteiger partial charge in [-0.3, -0.25) is 4.79 Å². The molecule has 1 aromatic rings. The summed E-state index contributed by atoms with van der Waals surface area (Å²) in [6, 6.07) is 8.21. The predicted octanol–water partition coefficient (Wildman–Crippen LogP) is 1.60. The molecule has 2 heterocycles. The highest BCUT2D eigenvalue weighted by molar-refractivity contribution is 7.86. The Hall–Kier alpha value is -1.48. The van der Waals surface area contributed by atoms with Gasteiger partial charge < -0.3 is 9.64 Å². The maximum absolute atomic E-state index is 13.2. The number of fused-ring (bicyclic) bond motifs is 1. The summed E-state index contributed by atoms with van der Waals surface area (Å²) in [4.78, 5) is 15.0. The number of carbonyl (C=O) groups excluding carboxylic acids is 1. The first-order valence-electron chi connectivity index (χ1n) is 10.6. The minimum absolute atomic E-state index is 0.0935. The Morgan fingerprint density at radius 3 is 2.34 bits per heavy atom. The van der Waals surface area contributed by atoms with Crippen LogP contribution < -0.4 is 0 Å². The molecular formula is C21H31N3O4S. The number of hydrogen-bond acceptors (Lipinski definition) is 4. The van der Waals surface area contributed by atoms with E-state index in [-0.39, 0.29) is 24.0 Å². The van der Waals surface area contributed by atoms with Gasteiger partial charge in [0.15, 0.2) is 0 Å². The zero-order chi connectivity index (χ0) is 20.6. The lowest BCUT2D eigenvalue weighted by atomic mass is 9.82. The van der Waals surface area contributed by atoms with Crippen molar-refractivity contribution in [2.45, 2.75) is 51.2 Å². The van der Waals surface area contributed by atoms with Crippen LogP contribution in [0.5, 0.6) is 0 Å². The standard InChI is InChI=1S/C21H31N3O4S/c1-16-14-24(15-17(2)28-16)29(26,27)23-12-10-22(11-13-23)21(25)20-9-5-7-18-6-3-4-8-19(18)20/h3-4,6,8,16-17,20H,5,7,9-15H2,1-2H3. The van der Waals surface area contributed by atoms with Gasteiger partial charge in [0.1, 0.15) is 0 Å². The largest absolute Gasteiger partial charge is 0.373 e. The van der Waals surface area contributed by atoms with Crippen molar-refractivity contribution in [3.05, 3.63) is 35.4 Å². The van der Waals surface area contributed by atoms with Crippen LogP contribution in [0.4, 0.5) is 0 Å². The van der Waals surface area contributed by atoms with Crippen molar-refractivity contribution < 1.29 is 17.9 Å². The first-order chi connectivity index (χ1) is 13.9. The number of morpholine rings is 1. The molecule has 4 rings (SSSR count). The second-order valence-electron chi connectivity index (χ2n) is 8.45. The number of ether oxygens (including phenoxy) is 1. The number of amides is 1. The fraction of sp³-hybridized carbons (Fsp3) is 0.667. The average molecular weight is 422 g/mol. The van der Waals surface area contributed by atoms with Crippen LogP contribution in [0.1, 0.15) is 43.7 Å². The van der Waals surface area contributed by atoms with Crippen LogP contribution >= 0.6 is 0 Å². The summed E-state index contributed by atoms with van der Waals surface area (Å²) in [7, 11) is -3.52. The summed E-state index contributed by atoms with van der Waals surface area (Å²) in [6.07, 6.45) is 2.71. The van der Waals surface area contributed by atoms with Crippen molar-refractivity contribution in [1.29, 1.82) is 0 Å². The van der Waals surface area contributed by atoms with Crippen molar-refractivity contribution in [3.63, 3.8) is 0 Å². The SMILES string of the molecule is CC1CN(S(=O)(=O)N2CCN(C(=O)C3CCCc4ccccc43)CC2)CC(C)O1. The number of nitrogens with zero attached hydrogens (tertiary/aromatic N) is 3. The summed E-state index contributed by atoms with van der Waals surface area (Å²) in [5.41, 5.74) is 2.42. The van der Waals surface area contributed by atoms with Crippen molar-refractivity contribution >= 4 is 16.1 Å². The highest BCUT2D eigenvalue weighted by atomic mass is 32.2. The third-order valence-electron chi connectivity index (χ3n) is 6.26. The molecule has 8 heteroatoms. The van der Waals surface area contributed by atoms with Crippen molar-refractivity contribution in [2.24, 2.45) is 0 Å². The molecule has 3 unspecified atom stereocenters. The minimum atomic E-state index is -3.52. The van der Waals surface area contributed by atoms with E-state index < -0.39 is 10.2 Å². The molecule has 0 aromatic heterocycles. The number of rotatable bonds is 3. The van der Waals surface area contributed by atoms with Crippen molar-refractivity contribution in [1.82, 2.24) is 13.5 Å². The Balaban J connectivity index is 1.40. The number of piperazine rings is 1. The fourth-order valence-electron chi connectivity index (χ4n) is 4.85. The monoisotopic (exact) mass is 421 g/mol. The normalized spacial score (nSPS) is 29.4. The van der Waals surface area contributed by atoms with Crippen LogP contribution in [0.2, 0.25) is 0 Å². The molecule has 1 aromatic carbocycles. The summed E-state index contributed by atoms with van der Waals surface area (Å²) in [5.74, 6) is 0.0480. The number of hydrogen-bond donors (Lipinski definition) is 0. The first kappa shape index (κ1) is 20.8. The van der Waals surface area contributed by atoms with Crippen LogP contribution in [-0.4, -0.2) is 79.3 Å². The van der Waals surface area contributed by atoms with E-state index in [0.29, 0.717) is 39.3 Å². The second kappa shape index (κ2) is 8.34. The molecule has 2 fully saturated rings. The third-order valence-corrected chi connectivity index (χ3v) is 8.22. The zero-order valence-corrected chi connectivity index (χ0v) is 18.1. The molecule has 3 aliphatic rings. The second-order valence-corrected chi connectivity index (χ2v) is 10.4. The lowest BCUT2D eigenvalue weighted by Gasteiger charge is -2.41. The molecule has 0 bridgehead atoms. The van der Waals surface area contributed by atoms with E-state index in [9.17, 15) is 13.2 Å². The highest BCUT2D eigenvalue weighted by Gasteiger charge is 2.38. The van der Waals surface area contributed by atoms with Crippen LogP contribution in [0.15, 0.2) is 24.3 Å². The van der Waals surface area contributed by atoms with Gasteiger partial charge in [0.25, 0.3) is 10.2 Å². The van der Waals surface area contributed by atoms with Gasteiger partial charge in [-0.1, -0.05) is 24.3 Å². The molecule has 2 saturated heterocycles. The van der Waals surface area contributed by atoms with Gasteiger partial charge in [-0.15, -0.1) is 0 Å². The van der Waals surface area contributed by atoms with Crippen LogP contribution in [0, 0.1) is 0 Å². The molecule has 0 saturated carbocycles. The van der Waals surface area contributed by atoms with Gasteiger partial charge >= 0.3 is 0 Å². The Morgan fingerprint density at radius 2 is 1.66 bits per heavy atom. The summed E-state index contributed by atoms with van der Waals surface area (Å²) < 4.78 is 34.9. The minimum Gasteiger partial charge on any atom is -0.373 e. The van der Waals surface area contributed by atoms with Gasteiger partial charge in [-0.05, 0) is 44.2 Å². The number of aryl methyl sites for hydroxylation is 1. The quantitative estimate of drug-likeness (QED) is 0.743. The van der Waals surface area contributed by atoms with E-state index in [0.717, 1.165) is 24.8 Å². The van der Waals surface area contributed by atoms with Crippen LogP contribution in [-0.2, 0) is 26.2 Å². The van der Waals surface area contributed by atoms with Crippen LogP contribution in [0.25, 0.3) is 0 Å². The maximum atomic E-state index is 13.2. The number of carbonyl (C=O) groups is 1. The van der Waals surface area contributed by atoms with Gasteiger partial charge in [0, 0.05) is 39.3 Å². The molecular weight excluding hydrogens is 390 g/mol. The molecule has 3 atom stereocenters. The molecule has 0 spiro atoms. The Labute approximate surface area is 173 Å². The molecule has 1 amide bonds. The van der Waals surface area contributed by atoms with Crippen molar-refractivity contribution in [3.8, 4) is 0 Å². The van der Waals surface area contributed by atoms with E-state index in [4.69, 9.17) is 4.74 Å². The van der Waals surface area contributed by atoms with Gasteiger partial charge in [-0.25, -0.2) is 0 Å². The average Bonchev–Trinajstić information content (AvgIpc) is 2.72. The molecule has 0 radical (unpaired) electrons. The summed E-state index contributed by atoms with van der Waals surface area (Å²) in [6.45, 7) is 6.16. The van der Waals surface area contributed by atoms with Gasteiger partial charge in [0.05, 0.1) is 18.1 Å². The Morgan fingerprint density at radius 1 is 1.00 bits per heavy atom. The molecule has 7 nitrogen and oxygen atoms in total. The predicted molar refractivity (Wildman–Crippen MR) is 111 cm³/mol. The van der Waals surface area contributed by atoms with E-state index >= 15 is 0 Å². The maximum Gasteiger partial charge on any atom is 0.282 e. The van der Waals surface area contributed by atoms with E-state index in [2.05, 4.69) is 12.1 Å². The van der Waals surface area contributed by atoms with E-state index in [1.807, 2.05) is 30.9 Å². The highest BCUT2D eigenvalue weighted by Crippen LogP contribution is 2.33. The zero-order valence-electron chi connectivity index (χ0n) is 17.3. The smallest absolute Gasteiger partial charge is 0.282 e. The lowest BCUT2D eigenvalue weighted by Crippen LogP contribution is -2.58. The van der Waals surface area contributed by atoms with Crippen LogP contribution in [0.3, 0.4) is 0 Å². The molecule has 160 valence electrons. The molecule has 2 aliphatic heterocycles. The lowest BCUT2D eigenvalue weighted by molar-refractivity contribution is -0.134. The molecule has 0 N–H and O–H groups in total. The van der Waals surface area contributed by atoms with Gasteiger partial charge in [-0.2, -0.15) is 17.0 Å².